The smallest absolute Gasteiger partial charge is 0.314 e. The highest BCUT2D eigenvalue weighted by atomic mass is 19.4. The van der Waals surface area contributed by atoms with Crippen molar-refractivity contribution >= 4 is 0 Å². The van der Waals surface area contributed by atoms with Crippen LogP contribution in [0.1, 0.15) is 51.9 Å². The van der Waals surface area contributed by atoms with Crippen molar-refractivity contribution in [1.82, 2.24) is 5.32 Å². The summed E-state index contributed by atoms with van der Waals surface area (Å²) in [6.45, 7) is 3.29. The van der Waals surface area contributed by atoms with Crippen LogP contribution in [0.4, 0.5) is 13.2 Å². The van der Waals surface area contributed by atoms with E-state index in [1.807, 2.05) is 0 Å². The molecular weight excluding hydrogens is 239 g/mol. The fourth-order valence-electron chi connectivity index (χ4n) is 3.47. The first kappa shape index (κ1) is 14.2. The van der Waals surface area contributed by atoms with Crippen LogP contribution in [0.5, 0.6) is 0 Å². The van der Waals surface area contributed by atoms with E-state index in [4.69, 9.17) is 0 Å². The largest absolute Gasteiger partial charge is 0.391 e. The maximum atomic E-state index is 12.5. The van der Waals surface area contributed by atoms with Crippen molar-refractivity contribution in [1.29, 1.82) is 0 Å². The van der Waals surface area contributed by atoms with E-state index in [2.05, 4.69) is 12.2 Å². The third-order valence-electron chi connectivity index (χ3n) is 4.90. The predicted molar refractivity (Wildman–Crippen MR) is 66.3 cm³/mol. The Bertz CT molecular complexity index is 256. The van der Waals surface area contributed by atoms with E-state index in [1.165, 1.54) is 19.3 Å². The van der Waals surface area contributed by atoms with E-state index < -0.39 is 12.1 Å². The number of rotatable bonds is 3. The Balaban J connectivity index is 1.67. The summed E-state index contributed by atoms with van der Waals surface area (Å²) in [7, 11) is 0. The summed E-state index contributed by atoms with van der Waals surface area (Å²) in [5.41, 5.74) is 0. The highest BCUT2D eigenvalue weighted by Gasteiger charge is 2.41. The average molecular weight is 263 g/mol. The molecule has 0 saturated heterocycles. The molecule has 2 aliphatic carbocycles. The Kier molecular flexibility index (Phi) is 4.57. The minimum Gasteiger partial charge on any atom is -0.314 e. The Morgan fingerprint density at radius 2 is 1.67 bits per heavy atom. The van der Waals surface area contributed by atoms with Gasteiger partial charge in [0.15, 0.2) is 0 Å². The second-order valence-corrected chi connectivity index (χ2v) is 6.17. The van der Waals surface area contributed by atoms with Gasteiger partial charge in [-0.25, -0.2) is 0 Å². The van der Waals surface area contributed by atoms with Gasteiger partial charge in [-0.2, -0.15) is 13.2 Å². The van der Waals surface area contributed by atoms with Crippen molar-refractivity contribution < 1.29 is 13.2 Å². The summed E-state index contributed by atoms with van der Waals surface area (Å²) in [6.07, 6.45) is 1.91. The molecule has 2 rings (SSSR count). The van der Waals surface area contributed by atoms with Crippen LogP contribution >= 0.6 is 0 Å². The lowest BCUT2D eigenvalue weighted by atomic mass is 9.85. The second kappa shape index (κ2) is 5.81. The van der Waals surface area contributed by atoms with Crippen LogP contribution in [0.15, 0.2) is 0 Å². The van der Waals surface area contributed by atoms with Gasteiger partial charge in [0.05, 0.1) is 5.92 Å². The van der Waals surface area contributed by atoms with Crippen LogP contribution < -0.4 is 5.32 Å². The minimum atomic E-state index is -3.98. The summed E-state index contributed by atoms with van der Waals surface area (Å²) >= 11 is 0. The molecule has 1 nitrogen and oxygen atoms in total. The SMILES string of the molecule is CC1CCCC1CNC1CCC(C(F)(F)F)CC1. The molecule has 2 aliphatic rings. The summed E-state index contributed by atoms with van der Waals surface area (Å²) in [6, 6.07) is 0.316. The Morgan fingerprint density at radius 3 is 2.17 bits per heavy atom. The molecule has 0 bridgehead atoms. The molecule has 0 radical (unpaired) electrons. The van der Waals surface area contributed by atoms with Crippen LogP contribution in [0, 0.1) is 17.8 Å². The van der Waals surface area contributed by atoms with Crippen LogP contribution in [-0.4, -0.2) is 18.8 Å². The van der Waals surface area contributed by atoms with E-state index in [0.717, 1.165) is 18.4 Å². The number of hydrogen-bond donors (Lipinski definition) is 1. The lowest BCUT2D eigenvalue weighted by Gasteiger charge is -2.31. The number of hydrogen-bond acceptors (Lipinski definition) is 1. The zero-order chi connectivity index (χ0) is 13.2. The normalized spacial score (nSPS) is 38.0. The number of halogens is 3. The molecule has 0 amide bonds. The number of nitrogens with one attached hydrogen (secondary N) is 1. The maximum absolute atomic E-state index is 12.5. The molecule has 106 valence electrons. The second-order valence-electron chi connectivity index (χ2n) is 6.17. The van der Waals surface area contributed by atoms with Gasteiger partial charge < -0.3 is 5.32 Å². The topological polar surface area (TPSA) is 12.0 Å². The van der Waals surface area contributed by atoms with E-state index in [9.17, 15) is 13.2 Å². The summed E-state index contributed by atoms with van der Waals surface area (Å²) < 4.78 is 37.6. The molecule has 4 heteroatoms. The lowest BCUT2D eigenvalue weighted by molar-refractivity contribution is -0.182. The molecule has 2 atom stereocenters. The minimum absolute atomic E-state index is 0.307. The van der Waals surface area contributed by atoms with Crippen LogP contribution in [0.3, 0.4) is 0 Å². The molecule has 0 aliphatic heterocycles. The fourth-order valence-corrected chi connectivity index (χ4v) is 3.47. The van der Waals surface area contributed by atoms with Crippen molar-refractivity contribution in [2.75, 3.05) is 6.54 Å². The van der Waals surface area contributed by atoms with E-state index in [0.29, 0.717) is 31.7 Å². The van der Waals surface area contributed by atoms with Gasteiger partial charge >= 0.3 is 6.18 Å². The first-order valence-corrected chi connectivity index (χ1v) is 7.27. The van der Waals surface area contributed by atoms with Crippen LogP contribution in [0.25, 0.3) is 0 Å². The lowest BCUT2D eigenvalue weighted by Crippen LogP contribution is -2.39. The molecule has 2 fully saturated rings. The first-order chi connectivity index (χ1) is 8.47. The van der Waals surface area contributed by atoms with Crippen molar-refractivity contribution in [3.8, 4) is 0 Å². The summed E-state index contributed by atoms with van der Waals surface area (Å²) in [5.74, 6) is 0.468. The number of alkyl halides is 3. The van der Waals surface area contributed by atoms with E-state index in [1.54, 1.807) is 0 Å². The third kappa shape index (κ3) is 3.62. The Hall–Kier alpha value is -0.250. The van der Waals surface area contributed by atoms with Crippen molar-refractivity contribution in [2.45, 2.75) is 64.1 Å². The monoisotopic (exact) mass is 263 g/mol. The van der Waals surface area contributed by atoms with Gasteiger partial charge in [-0.15, -0.1) is 0 Å². The van der Waals surface area contributed by atoms with Crippen molar-refractivity contribution in [3.63, 3.8) is 0 Å². The zero-order valence-electron chi connectivity index (χ0n) is 11.1. The average Bonchev–Trinajstić information content (AvgIpc) is 2.72. The third-order valence-corrected chi connectivity index (χ3v) is 4.90. The molecule has 0 spiro atoms. The maximum Gasteiger partial charge on any atom is 0.391 e. The van der Waals surface area contributed by atoms with Crippen LogP contribution in [-0.2, 0) is 0 Å². The van der Waals surface area contributed by atoms with Crippen molar-refractivity contribution in [2.24, 2.45) is 17.8 Å². The predicted octanol–water partition coefficient (Wildman–Crippen LogP) is 4.13. The zero-order valence-corrected chi connectivity index (χ0v) is 11.1. The van der Waals surface area contributed by atoms with Crippen LogP contribution in [0.2, 0.25) is 0 Å². The Labute approximate surface area is 108 Å². The fraction of sp³-hybridized carbons (Fsp3) is 1.00. The molecule has 0 heterocycles. The van der Waals surface area contributed by atoms with E-state index >= 15 is 0 Å². The standard InChI is InChI=1S/C14H24F3N/c1-10-3-2-4-11(10)9-18-13-7-5-12(6-8-13)14(15,16)17/h10-13,18H,2-9H2,1H3. The molecule has 18 heavy (non-hydrogen) atoms. The van der Waals surface area contributed by atoms with Gasteiger partial charge in [0.25, 0.3) is 0 Å². The van der Waals surface area contributed by atoms with Gasteiger partial charge in [0.1, 0.15) is 0 Å². The van der Waals surface area contributed by atoms with Crippen molar-refractivity contribution in [3.05, 3.63) is 0 Å². The van der Waals surface area contributed by atoms with Gasteiger partial charge in [-0.3, -0.25) is 0 Å². The van der Waals surface area contributed by atoms with Gasteiger partial charge in [-0.05, 0) is 50.5 Å². The highest BCUT2D eigenvalue weighted by Crippen LogP contribution is 2.37. The molecule has 0 aromatic carbocycles. The molecule has 0 aromatic heterocycles. The first-order valence-electron chi connectivity index (χ1n) is 7.27. The van der Waals surface area contributed by atoms with Gasteiger partial charge in [0, 0.05) is 6.04 Å². The molecule has 2 saturated carbocycles. The molecule has 1 N–H and O–H groups in total. The van der Waals surface area contributed by atoms with Gasteiger partial charge in [-0.1, -0.05) is 19.8 Å². The summed E-state index contributed by atoms with van der Waals surface area (Å²) in [5, 5.41) is 3.50. The molecule has 0 aromatic rings. The highest BCUT2D eigenvalue weighted by molar-refractivity contribution is 4.83. The summed E-state index contributed by atoms with van der Waals surface area (Å²) in [4.78, 5) is 0. The molecular formula is C14H24F3N. The quantitative estimate of drug-likeness (QED) is 0.807. The molecule has 2 unspecified atom stereocenters. The Morgan fingerprint density at radius 1 is 1.00 bits per heavy atom. The van der Waals surface area contributed by atoms with Gasteiger partial charge in [0.2, 0.25) is 0 Å². The van der Waals surface area contributed by atoms with E-state index in [-0.39, 0.29) is 0 Å².